The molecule has 2 heterocycles. The number of carbonyl (C=O) groups excluding carboxylic acids is 1. The van der Waals surface area contributed by atoms with Crippen LogP contribution in [0.5, 0.6) is 0 Å². The Morgan fingerprint density at radius 2 is 1.93 bits per heavy atom. The predicted molar refractivity (Wildman–Crippen MR) is 117 cm³/mol. The highest BCUT2D eigenvalue weighted by atomic mass is 127. The van der Waals surface area contributed by atoms with E-state index in [9.17, 15) is 19.7 Å². The second-order valence-electron chi connectivity index (χ2n) is 6.00. The standard InChI is InChI=1S/C19H10IN3O5S/c20-10-5-6-13-12(9-10)17(24)22(19(29)21-13)18(25)16-8-7-15(28-16)11-3-1-2-4-14(11)23(26)27/h1-9H,(H,21,29). The summed E-state index contributed by atoms with van der Waals surface area (Å²) in [6, 6.07) is 14.0. The number of carbonyl (C=O) groups is 1. The number of nitro groups is 1. The van der Waals surface area contributed by atoms with E-state index in [0.29, 0.717) is 10.9 Å². The summed E-state index contributed by atoms with van der Waals surface area (Å²) in [6.45, 7) is 0. The number of furan rings is 1. The van der Waals surface area contributed by atoms with Crippen LogP contribution in [0.15, 0.2) is 63.8 Å². The minimum atomic E-state index is -0.762. The number of nitrogens with one attached hydrogen (secondary N) is 1. The first-order valence-corrected chi connectivity index (χ1v) is 9.68. The molecule has 0 atom stereocenters. The molecule has 0 bridgehead atoms. The highest BCUT2D eigenvalue weighted by Gasteiger charge is 2.22. The smallest absolute Gasteiger partial charge is 0.302 e. The maximum Gasteiger partial charge on any atom is 0.302 e. The maximum absolute atomic E-state index is 12.9. The van der Waals surface area contributed by atoms with Crippen molar-refractivity contribution in [3.8, 4) is 11.3 Å². The van der Waals surface area contributed by atoms with E-state index in [0.717, 1.165) is 8.14 Å². The van der Waals surface area contributed by atoms with Gasteiger partial charge in [0.1, 0.15) is 5.76 Å². The molecule has 4 aromatic rings. The van der Waals surface area contributed by atoms with Gasteiger partial charge < -0.3 is 9.40 Å². The van der Waals surface area contributed by atoms with Crippen LogP contribution < -0.4 is 5.56 Å². The van der Waals surface area contributed by atoms with Gasteiger partial charge in [0.05, 0.1) is 21.4 Å². The van der Waals surface area contributed by atoms with Gasteiger partial charge in [0.15, 0.2) is 10.5 Å². The van der Waals surface area contributed by atoms with E-state index in [1.807, 2.05) is 6.07 Å². The molecule has 1 N–H and O–H groups in total. The number of para-hydroxylation sites is 1. The van der Waals surface area contributed by atoms with Crippen LogP contribution in [0.3, 0.4) is 0 Å². The Labute approximate surface area is 181 Å². The lowest BCUT2D eigenvalue weighted by molar-refractivity contribution is -0.384. The molecule has 0 saturated carbocycles. The summed E-state index contributed by atoms with van der Waals surface area (Å²) < 4.78 is 7.12. The molecular formula is C19H10IN3O5S. The minimum absolute atomic E-state index is 0.0719. The maximum atomic E-state index is 12.9. The number of benzene rings is 2. The van der Waals surface area contributed by atoms with E-state index in [-0.39, 0.29) is 27.5 Å². The molecule has 0 saturated heterocycles. The van der Waals surface area contributed by atoms with Gasteiger partial charge in [-0.25, -0.2) is 4.57 Å². The molecule has 0 aliphatic carbocycles. The molecule has 4 rings (SSSR count). The third kappa shape index (κ3) is 3.40. The lowest BCUT2D eigenvalue weighted by Gasteiger charge is -2.06. The van der Waals surface area contributed by atoms with Gasteiger partial charge in [-0.3, -0.25) is 19.7 Å². The fourth-order valence-electron chi connectivity index (χ4n) is 2.92. The summed E-state index contributed by atoms with van der Waals surface area (Å²) in [6.07, 6.45) is 0. The zero-order valence-electron chi connectivity index (χ0n) is 14.4. The van der Waals surface area contributed by atoms with Crippen molar-refractivity contribution < 1.29 is 14.1 Å². The topological polar surface area (TPSA) is 111 Å². The second kappa shape index (κ2) is 7.37. The van der Waals surface area contributed by atoms with Gasteiger partial charge in [0.25, 0.3) is 11.2 Å². The molecule has 0 unspecified atom stereocenters. The highest BCUT2D eigenvalue weighted by Crippen LogP contribution is 2.31. The molecule has 2 aromatic carbocycles. The Balaban J connectivity index is 1.83. The molecule has 144 valence electrons. The van der Waals surface area contributed by atoms with Crippen LogP contribution in [-0.2, 0) is 0 Å². The van der Waals surface area contributed by atoms with Crippen LogP contribution in [-0.4, -0.2) is 20.4 Å². The number of nitro benzene ring substituents is 1. The summed E-state index contributed by atoms with van der Waals surface area (Å²) in [4.78, 5) is 39.3. The number of fused-ring (bicyclic) bond motifs is 1. The Kier molecular flexibility index (Phi) is 4.88. The van der Waals surface area contributed by atoms with E-state index in [4.69, 9.17) is 16.6 Å². The number of rotatable bonds is 3. The van der Waals surface area contributed by atoms with Crippen LogP contribution in [0.2, 0.25) is 0 Å². The first-order valence-electron chi connectivity index (χ1n) is 8.20. The molecule has 0 amide bonds. The lowest BCUT2D eigenvalue weighted by Crippen LogP contribution is -2.28. The van der Waals surface area contributed by atoms with Crippen molar-refractivity contribution >= 4 is 57.3 Å². The van der Waals surface area contributed by atoms with Gasteiger partial charge in [-0.15, -0.1) is 0 Å². The van der Waals surface area contributed by atoms with Crippen LogP contribution in [0, 0.1) is 18.5 Å². The summed E-state index contributed by atoms with van der Waals surface area (Å²) >= 11 is 7.25. The van der Waals surface area contributed by atoms with E-state index >= 15 is 0 Å². The van der Waals surface area contributed by atoms with Gasteiger partial charge in [0, 0.05) is 9.64 Å². The van der Waals surface area contributed by atoms with Crippen molar-refractivity contribution in [2.75, 3.05) is 0 Å². The van der Waals surface area contributed by atoms with Gasteiger partial charge in [-0.05, 0) is 71.2 Å². The summed E-state index contributed by atoms with van der Waals surface area (Å²) in [5.74, 6) is -0.787. The molecule has 8 nitrogen and oxygen atoms in total. The number of nitrogens with zero attached hydrogens (tertiary/aromatic N) is 2. The van der Waals surface area contributed by atoms with E-state index < -0.39 is 16.4 Å². The summed E-state index contributed by atoms with van der Waals surface area (Å²) in [7, 11) is 0. The fraction of sp³-hybridized carbons (Fsp3) is 0. The van der Waals surface area contributed by atoms with Crippen molar-refractivity contribution in [3.05, 3.63) is 89.2 Å². The quantitative estimate of drug-likeness (QED) is 0.185. The number of H-pyrrole nitrogens is 1. The minimum Gasteiger partial charge on any atom is -0.451 e. The summed E-state index contributed by atoms with van der Waals surface area (Å²) in [5, 5.41) is 11.5. The van der Waals surface area contributed by atoms with Gasteiger partial charge in [0.2, 0.25) is 0 Å². The van der Waals surface area contributed by atoms with Crippen LogP contribution in [0.25, 0.3) is 22.2 Å². The van der Waals surface area contributed by atoms with Crippen molar-refractivity contribution in [1.82, 2.24) is 9.55 Å². The SMILES string of the molecule is O=C(c1ccc(-c2ccccc2[N+](=O)[O-])o1)n1c(=S)[nH]c2ccc(I)cc2c1=O. The predicted octanol–water partition coefficient (Wildman–Crippen LogP) is 4.52. The van der Waals surface area contributed by atoms with E-state index in [2.05, 4.69) is 27.6 Å². The molecule has 0 spiro atoms. The number of hydrogen-bond acceptors (Lipinski definition) is 6. The third-order valence-electron chi connectivity index (χ3n) is 4.25. The molecule has 0 fully saturated rings. The molecule has 0 aliphatic rings. The first-order chi connectivity index (χ1) is 13.9. The molecule has 0 radical (unpaired) electrons. The van der Waals surface area contributed by atoms with Crippen LogP contribution in [0.4, 0.5) is 5.69 Å². The summed E-state index contributed by atoms with van der Waals surface area (Å²) in [5.41, 5.74) is 0.0122. The second-order valence-corrected chi connectivity index (χ2v) is 7.64. The van der Waals surface area contributed by atoms with E-state index in [1.165, 1.54) is 30.3 Å². The highest BCUT2D eigenvalue weighted by molar-refractivity contribution is 14.1. The van der Waals surface area contributed by atoms with Crippen molar-refractivity contribution in [2.24, 2.45) is 0 Å². The van der Waals surface area contributed by atoms with Gasteiger partial charge in [-0.2, -0.15) is 0 Å². The number of halogens is 1. The molecule has 29 heavy (non-hydrogen) atoms. The third-order valence-corrected chi connectivity index (χ3v) is 5.20. The monoisotopic (exact) mass is 519 g/mol. The Hall–Kier alpha value is -3.12. The number of aromatic amines is 1. The van der Waals surface area contributed by atoms with Crippen LogP contribution in [0.1, 0.15) is 10.6 Å². The zero-order valence-corrected chi connectivity index (χ0v) is 17.4. The van der Waals surface area contributed by atoms with Crippen molar-refractivity contribution in [1.29, 1.82) is 0 Å². The number of hydrogen-bond donors (Lipinski definition) is 1. The molecule has 0 aliphatic heterocycles. The van der Waals surface area contributed by atoms with Gasteiger partial charge in [-0.1, -0.05) is 12.1 Å². The first kappa shape index (κ1) is 19.2. The average Bonchev–Trinajstić information content (AvgIpc) is 3.18. The fourth-order valence-corrected chi connectivity index (χ4v) is 3.69. The zero-order chi connectivity index (χ0) is 20.7. The number of aromatic nitrogens is 2. The lowest BCUT2D eigenvalue weighted by atomic mass is 10.1. The van der Waals surface area contributed by atoms with Crippen molar-refractivity contribution in [2.45, 2.75) is 0 Å². The normalized spacial score (nSPS) is 10.9. The Morgan fingerprint density at radius 1 is 1.17 bits per heavy atom. The van der Waals surface area contributed by atoms with Gasteiger partial charge >= 0.3 is 5.91 Å². The Bertz CT molecular complexity index is 1420. The Morgan fingerprint density at radius 3 is 2.69 bits per heavy atom. The molecule has 10 heteroatoms. The largest absolute Gasteiger partial charge is 0.451 e. The molecular weight excluding hydrogens is 509 g/mol. The molecule has 2 aromatic heterocycles. The van der Waals surface area contributed by atoms with Crippen molar-refractivity contribution in [3.63, 3.8) is 0 Å². The average molecular weight is 519 g/mol. The van der Waals surface area contributed by atoms with Crippen LogP contribution >= 0.6 is 34.8 Å². The van der Waals surface area contributed by atoms with E-state index in [1.54, 1.807) is 18.2 Å².